The van der Waals surface area contributed by atoms with Crippen LogP contribution in [0.3, 0.4) is 0 Å². The fourth-order valence-corrected chi connectivity index (χ4v) is 3.78. The number of carboxylic acids is 1. The van der Waals surface area contributed by atoms with E-state index >= 15 is 0 Å². The van der Waals surface area contributed by atoms with Gasteiger partial charge in [-0.2, -0.15) is 0 Å². The maximum atomic E-state index is 12.4. The first-order valence-electron chi connectivity index (χ1n) is 8.25. The highest BCUT2D eigenvalue weighted by Crippen LogP contribution is 2.49. The van der Waals surface area contributed by atoms with Gasteiger partial charge in [0.25, 0.3) is 0 Å². The molecule has 0 aromatic heterocycles. The van der Waals surface area contributed by atoms with Crippen molar-refractivity contribution in [2.45, 2.75) is 44.6 Å². The van der Waals surface area contributed by atoms with E-state index in [0.717, 1.165) is 6.42 Å². The lowest BCUT2D eigenvalue weighted by Crippen LogP contribution is -2.35. The summed E-state index contributed by atoms with van der Waals surface area (Å²) in [6.07, 6.45) is 7.26. The summed E-state index contributed by atoms with van der Waals surface area (Å²) in [4.78, 5) is 23.8. The Morgan fingerprint density at radius 2 is 1.77 bits per heavy atom. The third-order valence-corrected chi connectivity index (χ3v) is 5.10. The molecule has 0 heterocycles. The highest BCUT2D eigenvalue weighted by Gasteiger charge is 2.48. The molecule has 0 saturated heterocycles. The number of carbonyl (C=O) groups is 2. The average molecular weight is 301 g/mol. The standard InChI is InChI=1S/C18H23NO3/c20-17(15-11-14(15)12-7-3-1-4-8-12)19-16(18(21)22)13-9-5-2-6-10-13/h2,5-6,9-10,12,14-16H,1,3-4,7-8,11H2,(H,19,20)(H,21,22)/t14?,15?,16-/m0/s1. The molecule has 1 aromatic carbocycles. The Bertz CT molecular complexity index is 537. The van der Waals surface area contributed by atoms with Crippen molar-refractivity contribution >= 4 is 11.9 Å². The summed E-state index contributed by atoms with van der Waals surface area (Å²) < 4.78 is 0. The molecule has 4 heteroatoms. The lowest BCUT2D eigenvalue weighted by molar-refractivity contribution is -0.142. The third kappa shape index (κ3) is 3.32. The Balaban J connectivity index is 1.60. The molecular weight excluding hydrogens is 278 g/mol. The fraction of sp³-hybridized carbons (Fsp3) is 0.556. The molecule has 2 unspecified atom stereocenters. The van der Waals surface area contributed by atoms with Gasteiger partial charge in [-0.3, -0.25) is 4.79 Å². The molecule has 3 atom stereocenters. The number of benzene rings is 1. The van der Waals surface area contributed by atoms with Crippen LogP contribution < -0.4 is 5.32 Å². The Morgan fingerprint density at radius 3 is 2.41 bits per heavy atom. The van der Waals surface area contributed by atoms with Crippen molar-refractivity contribution in [2.75, 3.05) is 0 Å². The molecule has 0 bridgehead atoms. The van der Waals surface area contributed by atoms with Crippen molar-refractivity contribution in [1.29, 1.82) is 0 Å². The fourth-order valence-electron chi connectivity index (χ4n) is 3.78. The summed E-state index contributed by atoms with van der Waals surface area (Å²) in [5.41, 5.74) is 0.623. The van der Waals surface area contributed by atoms with Crippen LogP contribution in [0.1, 0.15) is 50.1 Å². The first-order chi connectivity index (χ1) is 10.7. The van der Waals surface area contributed by atoms with Gasteiger partial charge in [-0.25, -0.2) is 4.79 Å². The number of nitrogens with one attached hydrogen (secondary N) is 1. The zero-order valence-electron chi connectivity index (χ0n) is 12.7. The molecular formula is C18H23NO3. The highest BCUT2D eigenvalue weighted by atomic mass is 16.4. The van der Waals surface area contributed by atoms with Crippen LogP contribution in [0.2, 0.25) is 0 Å². The largest absolute Gasteiger partial charge is 0.479 e. The number of hydrogen-bond donors (Lipinski definition) is 2. The molecule has 118 valence electrons. The van der Waals surface area contributed by atoms with Crippen molar-refractivity contribution in [3.8, 4) is 0 Å². The van der Waals surface area contributed by atoms with E-state index in [-0.39, 0.29) is 11.8 Å². The van der Waals surface area contributed by atoms with Gasteiger partial charge in [-0.1, -0.05) is 62.4 Å². The van der Waals surface area contributed by atoms with E-state index < -0.39 is 12.0 Å². The number of carbonyl (C=O) groups excluding carboxylic acids is 1. The van der Waals surface area contributed by atoms with E-state index in [0.29, 0.717) is 17.4 Å². The number of amides is 1. The molecule has 2 N–H and O–H groups in total. The number of hydrogen-bond acceptors (Lipinski definition) is 2. The van der Waals surface area contributed by atoms with E-state index in [1.807, 2.05) is 6.07 Å². The Kier molecular flexibility index (Phi) is 4.46. The van der Waals surface area contributed by atoms with Crippen LogP contribution in [0.4, 0.5) is 0 Å². The van der Waals surface area contributed by atoms with Crippen LogP contribution in [0.25, 0.3) is 0 Å². The van der Waals surface area contributed by atoms with E-state index in [9.17, 15) is 14.7 Å². The van der Waals surface area contributed by atoms with Gasteiger partial charge in [0, 0.05) is 5.92 Å². The maximum absolute atomic E-state index is 12.4. The summed E-state index contributed by atoms with van der Waals surface area (Å²) in [5, 5.41) is 12.1. The maximum Gasteiger partial charge on any atom is 0.330 e. The summed E-state index contributed by atoms with van der Waals surface area (Å²) in [6, 6.07) is 7.96. The molecule has 2 fully saturated rings. The van der Waals surface area contributed by atoms with E-state index in [4.69, 9.17) is 0 Å². The second-order valence-corrected chi connectivity index (χ2v) is 6.59. The van der Waals surface area contributed by atoms with Gasteiger partial charge in [0.2, 0.25) is 5.91 Å². The quantitative estimate of drug-likeness (QED) is 0.878. The van der Waals surface area contributed by atoms with Crippen LogP contribution >= 0.6 is 0 Å². The molecule has 1 amide bonds. The summed E-state index contributed by atoms with van der Waals surface area (Å²) in [7, 11) is 0. The molecule has 2 saturated carbocycles. The van der Waals surface area contributed by atoms with Crippen molar-refractivity contribution in [3.05, 3.63) is 35.9 Å². The van der Waals surface area contributed by atoms with Gasteiger partial charge >= 0.3 is 5.97 Å². The molecule has 22 heavy (non-hydrogen) atoms. The second kappa shape index (κ2) is 6.51. The number of rotatable bonds is 5. The van der Waals surface area contributed by atoms with E-state index in [2.05, 4.69) is 5.32 Å². The molecule has 3 rings (SSSR count). The number of carboxylic acid groups (broad SMARTS) is 1. The minimum atomic E-state index is -1.01. The van der Waals surface area contributed by atoms with E-state index in [1.165, 1.54) is 32.1 Å². The molecule has 0 radical (unpaired) electrons. The number of aliphatic carboxylic acids is 1. The van der Waals surface area contributed by atoms with Crippen LogP contribution in [0, 0.1) is 17.8 Å². The van der Waals surface area contributed by atoms with E-state index in [1.54, 1.807) is 24.3 Å². The first-order valence-corrected chi connectivity index (χ1v) is 8.25. The normalized spacial score (nSPS) is 26.2. The van der Waals surface area contributed by atoms with Crippen molar-refractivity contribution in [1.82, 2.24) is 5.32 Å². The second-order valence-electron chi connectivity index (χ2n) is 6.59. The molecule has 2 aliphatic carbocycles. The molecule has 2 aliphatic rings. The zero-order valence-corrected chi connectivity index (χ0v) is 12.7. The van der Waals surface area contributed by atoms with Gasteiger partial charge in [0.15, 0.2) is 6.04 Å². The smallest absolute Gasteiger partial charge is 0.330 e. The monoisotopic (exact) mass is 301 g/mol. The molecule has 0 aliphatic heterocycles. The van der Waals surface area contributed by atoms with Crippen LogP contribution in [0.5, 0.6) is 0 Å². The van der Waals surface area contributed by atoms with Gasteiger partial charge < -0.3 is 10.4 Å². The van der Waals surface area contributed by atoms with Crippen molar-refractivity contribution in [2.24, 2.45) is 17.8 Å². The average Bonchev–Trinajstić information content (AvgIpc) is 3.34. The molecule has 1 aromatic rings. The Morgan fingerprint density at radius 1 is 1.09 bits per heavy atom. The highest BCUT2D eigenvalue weighted by molar-refractivity contribution is 5.87. The van der Waals surface area contributed by atoms with Crippen LogP contribution in [-0.4, -0.2) is 17.0 Å². The minimum Gasteiger partial charge on any atom is -0.479 e. The lowest BCUT2D eigenvalue weighted by Gasteiger charge is -2.22. The first kappa shape index (κ1) is 15.1. The van der Waals surface area contributed by atoms with Gasteiger partial charge in [-0.05, 0) is 23.8 Å². The lowest BCUT2D eigenvalue weighted by atomic mass is 9.85. The Hall–Kier alpha value is -1.84. The molecule has 0 spiro atoms. The van der Waals surface area contributed by atoms with Gasteiger partial charge in [-0.15, -0.1) is 0 Å². The molecule has 4 nitrogen and oxygen atoms in total. The summed E-state index contributed by atoms with van der Waals surface area (Å²) >= 11 is 0. The zero-order chi connectivity index (χ0) is 15.5. The minimum absolute atomic E-state index is 0.0219. The summed E-state index contributed by atoms with van der Waals surface area (Å²) in [6.45, 7) is 0. The van der Waals surface area contributed by atoms with Gasteiger partial charge in [0.05, 0.1) is 0 Å². The SMILES string of the molecule is O=C(N[C@H](C(=O)O)c1ccccc1)C1CC1C1CCCCC1. The topological polar surface area (TPSA) is 66.4 Å². The van der Waals surface area contributed by atoms with Gasteiger partial charge in [0.1, 0.15) is 0 Å². The van der Waals surface area contributed by atoms with Crippen LogP contribution in [0.15, 0.2) is 30.3 Å². The third-order valence-electron chi connectivity index (χ3n) is 5.10. The predicted octanol–water partition coefficient (Wildman–Crippen LogP) is 3.14. The van der Waals surface area contributed by atoms with Crippen molar-refractivity contribution in [3.63, 3.8) is 0 Å². The van der Waals surface area contributed by atoms with Crippen molar-refractivity contribution < 1.29 is 14.7 Å². The van der Waals surface area contributed by atoms with Crippen LogP contribution in [-0.2, 0) is 9.59 Å². The Labute approximate surface area is 130 Å². The summed E-state index contributed by atoms with van der Waals surface area (Å²) in [5.74, 6) is 0.0740. The predicted molar refractivity (Wildman–Crippen MR) is 83.1 cm³/mol.